The number of ether oxygens (including phenoxy) is 1. The number of benzene rings is 1. The molecule has 94 valence electrons. The van der Waals surface area contributed by atoms with Gasteiger partial charge in [-0.05, 0) is 24.1 Å². The molecule has 2 rings (SSSR count). The van der Waals surface area contributed by atoms with Gasteiger partial charge in [-0.2, -0.15) is 13.2 Å². The first-order chi connectivity index (χ1) is 7.95. The fraction of sp³-hybridized carbons (Fsp3) is 0.500. The van der Waals surface area contributed by atoms with E-state index in [0.29, 0.717) is 19.6 Å². The lowest BCUT2D eigenvalue weighted by atomic mass is 9.80. The molecule has 1 heterocycles. The molecule has 0 bridgehead atoms. The van der Waals surface area contributed by atoms with Crippen LogP contribution in [0.1, 0.15) is 11.1 Å². The van der Waals surface area contributed by atoms with Gasteiger partial charge in [-0.25, -0.2) is 0 Å². The summed E-state index contributed by atoms with van der Waals surface area (Å²) in [5, 5.41) is 9.22. The Morgan fingerprint density at radius 3 is 2.12 bits per heavy atom. The standard InChI is InChI=1S/C12H13F3O2/c13-12(14,15)10-3-1-9(2-4-10)5-11(6-16)7-17-8-11/h1-4,16H,5-8H2. The molecule has 1 aliphatic heterocycles. The zero-order chi connectivity index (χ0) is 12.5. The molecule has 1 aliphatic rings. The SMILES string of the molecule is OCC1(Cc2ccc(C(F)(F)F)cc2)COC1. The van der Waals surface area contributed by atoms with Crippen LogP contribution in [0.4, 0.5) is 13.2 Å². The second-order valence-electron chi connectivity index (χ2n) is 4.52. The first kappa shape index (κ1) is 12.4. The van der Waals surface area contributed by atoms with E-state index in [0.717, 1.165) is 17.7 Å². The van der Waals surface area contributed by atoms with Gasteiger partial charge in [0.25, 0.3) is 0 Å². The molecule has 0 aliphatic carbocycles. The lowest BCUT2D eigenvalue weighted by Crippen LogP contribution is -2.47. The van der Waals surface area contributed by atoms with E-state index >= 15 is 0 Å². The smallest absolute Gasteiger partial charge is 0.396 e. The molecule has 0 spiro atoms. The summed E-state index contributed by atoms with van der Waals surface area (Å²) in [4.78, 5) is 0. The van der Waals surface area contributed by atoms with Gasteiger partial charge in [0.15, 0.2) is 0 Å². The van der Waals surface area contributed by atoms with Crippen LogP contribution in [0.25, 0.3) is 0 Å². The summed E-state index contributed by atoms with van der Waals surface area (Å²) in [6, 6.07) is 5.05. The summed E-state index contributed by atoms with van der Waals surface area (Å²) >= 11 is 0. The molecule has 5 heteroatoms. The summed E-state index contributed by atoms with van der Waals surface area (Å²) < 4.78 is 42.1. The Hall–Kier alpha value is -1.07. The van der Waals surface area contributed by atoms with Crippen LogP contribution in [0.3, 0.4) is 0 Å². The summed E-state index contributed by atoms with van der Waals surface area (Å²) in [5.74, 6) is 0. The molecule has 0 radical (unpaired) electrons. The average molecular weight is 246 g/mol. The summed E-state index contributed by atoms with van der Waals surface area (Å²) in [6.45, 7) is 0.920. The van der Waals surface area contributed by atoms with E-state index in [1.165, 1.54) is 12.1 Å². The van der Waals surface area contributed by atoms with Gasteiger partial charge in [0, 0.05) is 5.41 Å². The van der Waals surface area contributed by atoms with Crippen LogP contribution >= 0.6 is 0 Å². The minimum Gasteiger partial charge on any atom is -0.396 e. The molecule has 1 aromatic carbocycles. The topological polar surface area (TPSA) is 29.5 Å². The maximum absolute atomic E-state index is 12.3. The summed E-state index contributed by atoms with van der Waals surface area (Å²) in [7, 11) is 0. The number of rotatable bonds is 3. The number of alkyl halides is 3. The van der Waals surface area contributed by atoms with Gasteiger partial charge in [-0.1, -0.05) is 12.1 Å². The van der Waals surface area contributed by atoms with Crippen molar-refractivity contribution >= 4 is 0 Å². The fourth-order valence-corrected chi connectivity index (χ4v) is 1.88. The van der Waals surface area contributed by atoms with Crippen LogP contribution in [0.15, 0.2) is 24.3 Å². The largest absolute Gasteiger partial charge is 0.416 e. The van der Waals surface area contributed by atoms with Crippen molar-refractivity contribution in [2.45, 2.75) is 12.6 Å². The van der Waals surface area contributed by atoms with Crippen molar-refractivity contribution in [1.29, 1.82) is 0 Å². The molecule has 0 unspecified atom stereocenters. The van der Waals surface area contributed by atoms with Crippen molar-refractivity contribution in [3.8, 4) is 0 Å². The molecular weight excluding hydrogens is 233 g/mol. The lowest BCUT2D eigenvalue weighted by Gasteiger charge is -2.40. The maximum atomic E-state index is 12.3. The molecule has 0 atom stereocenters. The molecule has 2 nitrogen and oxygen atoms in total. The van der Waals surface area contributed by atoms with Crippen LogP contribution < -0.4 is 0 Å². The third kappa shape index (κ3) is 2.61. The number of hydrogen-bond acceptors (Lipinski definition) is 2. The van der Waals surface area contributed by atoms with Crippen molar-refractivity contribution in [3.63, 3.8) is 0 Å². The predicted octanol–water partition coefficient (Wildman–Crippen LogP) is 2.26. The minimum absolute atomic E-state index is 0.00593. The van der Waals surface area contributed by atoms with E-state index in [9.17, 15) is 18.3 Å². The zero-order valence-electron chi connectivity index (χ0n) is 9.13. The Morgan fingerprint density at radius 2 is 1.76 bits per heavy atom. The average Bonchev–Trinajstić information content (AvgIpc) is 2.23. The van der Waals surface area contributed by atoms with Crippen molar-refractivity contribution in [2.75, 3.05) is 19.8 Å². The highest BCUT2D eigenvalue weighted by Crippen LogP contribution is 2.33. The van der Waals surface area contributed by atoms with Gasteiger partial charge in [0.2, 0.25) is 0 Å². The van der Waals surface area contributed by atoms with E-state index in [4.69, 9.17) is 4.74 Å². The van der Waals surface area contributed by atoms with Crippen LogP contribution in [0, 0.1) is 5.41 Å². The fourth-order valence-electron chi connectivity index (χ4n) is 1.88. The highest BCUT2D eigenvalue weighted by molar-refractivity contribution is 5.25. The van der Waals surface area contributed by atoms with E-state index < -0.39 is 11.7 Å². The Kier molecular flexibility index (Phi) is 3.14. The molecule has 1 aromatic rings. The van der Waals surface area contributed by atoms with Crippen molar-refractivity contribution in [1.82, 2.24) is 0 Å². The lowest BCUT2D eigenvalue weighted by molar-refractivity contribution is -0.138. The Morgan fingerprint density at radius 1 is 1.18 bits per heavy atom. The van der Waals surface area contributed by atoms with Crippen LogP contribution in [0.2, 0.25) is 0 Å². The number of halogens is 3. The van der Waals surface area contributed by atoms with Crippen LogP contribution in [0.5, 0.6) is 0 Å². The molecule has 0 amide bonds. The second-order valence-corrected chi connectivity index (χ2v) is 4.52. The Balaban J connectivity index is 2.08. The van der Waals surface area contributed by atoms with E-state index in [1.807, 2.05) is 0 Å². The molecule has 17 heavy (non-hydrogen) atoms. The van der Waals surface area contributed by atoms with E-state index in [1.54, 1.807) is 0 Å². The van der Waals surface area contributed by atoms with Gasteiger partial charge in [-0.3, -0.25) is 0 Å². The van der Waals surface area contributed by atoms with Gasteiger partial charge < -0.3 is 9.84 Å². The first-order valence-corrected chi connectivity index (χ1v) is 5.30. The highest BCUT2D eigenvalue weighted by atomic mass is 19.4. The van der Waals surface area contributed by atoms with Crippen molar-refractivity contribution in [3.05, 3.63) is 35.4 Å². The van der Waals surface area contributed by atoms with Gasteiger partial charge in [0.1, 0.15) is 0 Å². The van der Waals surface area contributed by atoms with Gasteiger partial charge in [0.05, 0.1) is 25.4 Å². The van der Waals surface area contributed by atoms with Crippen molar-refractivity contribution in [2.24, 2.45) is 5.41 Å². The molecule has 1 N–H and O–H groups in total. The van der Waals surface area contributed by atoms with Gasteiger partial charge in [-0.15, -0.1) is 0 Å². The summed E-state index contributed by atoms with van der Waals surface area (Å²) in [6.07, 6.45) is -3.76. The van der Waals surface area contributed by atoms with Crippen LogP contribution in [-0.2, 0) is 17.3 Å². The molecule has 0 aromatic heterocycles. The molecular formula is C12H13F3O2. The van der Waals surface area contributed by atoms with Crippen molar-refractivity contribution < 1.29 is 23.0 Å². The molecule has 0 saturated carbocycles. The maximum Gasteiger partial charge on any atom is 0.416 e. The highest BCUT2D eigenvalue weighted by Gasteiger charge is 2.38. The normalized spacial score (nSPS) is 18.8. The third-order valence-electron chi connectivity index (χ3n) is 3.01. The van der Waals surface area contributed by atoms with E-state index in [2.05, 4.69) is 0 Å². The predicted molar refractivity (Wildman–Crippen MR) is 55.5 cm³/mol. The zero-order valence-corrected chi connectivity index (χ0v) is 9.13. The van der Waals surface area contributed by atoms with Crippen LogP contribution in [-0.4, -0.2) is 24.9 Å². The van der Waals surface area contributed by atoms with E-state index in [-0.39, 0.29) is 12.0 Å². The Bertz CT molecular complexity index is 374. The van der Waals surface area contributed by atoms with Gasteiger partial charge >= 0.3 is 6.18 Å². The number of aliphatic hydroxyl groups is 1. The second kappa shape index (κ2) is 4.31. The monoisotopic (exact) mass is 246 g/mol. The Labute approximate surface area is 97.0 Å². The number of hydrogen-bond donors (Lipinski definition) is 1. The summed E-state index contributed by atoms with van der Waals surface area (Å²) in [5.41, 5.74) is -0.167. The molecule has 1 fully saturated rings. The minimum atomic E-state index is -4.30. The first-order valence-electron chi connectivity index (χ1n) is 5.30. The molecule has 1 saturated heterocycles. The quantitative estimate of drug-likeness (QED) is 0.886. The number of aliphatic hydroxyl groups excluding tert-OH is 1. The third-order valence-corrected chi connectivity index (χ3v) is 3.01.